The molecular formula is C20H28N2O2. The highest BCUT2D eigenvalue weighted by molar-refractivity contribution is 5.74. The van der Waals surface area contributed by atoms with Crippen LogP contribution in [0.5, 0.6) is 5.75 Å². The van der Waals surface area contributed by atoms with Gasteiger partial charge in [-0.2, -0.15) is 0 Å². The molecule has 0 aliphatic rings. The number of phenols is 1. The largest absolute Gasteiger partial charge is 0.508 e. The molecule has 1 atom stereocenters. The van der Waals surface area contributed by atoms with Gasteiger partial charge in [0.25, 0.3) is 0 Å². The molecule has 0 aliphatic carbocycles. The maximum atomic E-state index is 12.0. The van der Waals surface area contributed by atoms with E-state index in [0.29, 0.717) is 6.54 Å². The standard InChI is InChI=1S/C20H28N2O2/c1-14(2)12-18(15(3)4)13-21-20(24)22-16(5)6-7-17-8-10-19(23)11-9-17/h8-12,16,23H,1,3,6-7,13H2,2,4-5H3,(H2,21,22,24)/b18-12-. The number of urea groups is 1. The quantitative estimate of drug-likeness (QED) is 0.629. The van der Waals surface area contributed by atoms with Crippen molar-refractivity contribution in [3.63, 3.8) is 0 Å². The lowest BCUT2D eigenvalue weighted by atomic mass is 10.1. The third-order valence-electron chi connectivity index (χ3n) is 3.59. The Morgan fingerprint density at radius 3 is 2.42 bits per heavy atom. The zero-order valence-electron chi connectivity index (χ0n) is 14.9. The first-order chi connectivity index (χ1) is 11.3. The van der Waals surface area contributed by atoms with Crippen molar-refractivity contribution in [1.29, 1.82) is 0 Å². The molecule has 1 aromatic rings. The molecular weight excluding hydrogens is 300 g/mol. The normalized spacial score (nSPS) is 12.4. The summed E-state index contributed by atoms with van der Waals surface area (Å²) in [6.07, 6.45) is 3.60. The summed E-state index contributed by atoms with van der Waals surface area (Å²) in [7, 11) is 0. The number of benzene rings is 1. The third kappa shape index (κ3) is 7.68. The fraction of sp³-hybridized carbons (Fsp3) is 0.350. The van der Waals surface area contributed by atoms with Crippen LogP contribution in [0.1, 0.15) is 32.8 Å². The van der Waals surface area contributed by atoms with E-state index in [-0.39, 0.29) is 17.8 Å². The van der Waals surface area contributed by atoms with Crippen LogP contribution in [0.4, 0.5) is 4.79 Å². The van der Waals surface area contributed by atoms with Crippen molar-refractivity contribution in [2.75, 3.05) is 6.54 Å². The van der Waals surface area contributed by atoms with Crippen molar-refractivity contribution < 1.29 is 9.90 Å². The molecule has 24 heavy (non-hydrogen) atoms. The molecule has 0 saturated carbocycles. The van der Waals surface area contributed by atoms with E-state index in [4.69, 9.17) is 0 Å². The maximum Gasteiger partial charge on any atom is 0.315 e. The lowest BCUT2D eigenvalue weighted by molar-refractivity contribution is 0.238. The number of aromatic hydroxyl groups is 1. The molecule has 0 heterocycles. The highest BCUT2D eigenvalue weighted by Gasteiger charge is 2.08. The molecule has 0 aromatic heterocycles. The highest BCUT2D eigenvalue weighted by Crippen LogP contribution is 2.12. The minimum absolute atomic E-state index is 0.0530. The zero-order valence-corrected chi connectivity index (χ0v) is 14.9. The first-order valence-electron chi connectivity index (χ1n) is 8.12. The molecule has 3 N–H and O–H groups in total. The van der Waals surface area contributed by atoms with Crippen LogP contribution in [0.15, 0.2) is 60.2 Å². The number of allylic oxidation sites excluding steroid dienone is 2. The SMILES string of the molecule is C=C(C)/C=C(/CNC(=O)NC(C)CCc1ccc(O)cc1)C(=C)C. The Hall–Kier alpha value is -2.49. The molecule has 0 saturated heterocycles. The number of hydrogen-bond donors (Lipinski definition) is 3. The molecule has 1 unspecified atom stereocenters. The Bertz CT molecular complexity index is 615. The molecule has 4 heteroatoms. The molecule has 4 nitrogen and oxygen atoms in total. The topological polar surface area (TPSA) is 61.4 Å². The molecule has 130 valence electrons. The average Bonchev–Trinajstić information content (AvgIpc) is 2.50. The van der Waals surface area contributed by atoms with Crippen LogP contribution in [0, 0.1) is 0 Å². The molecule has 0 aliphatic heterocycles. The van der Waals surface area contributed by atoms with Crippen molar-refractivity contribution in [3.8, 4) is 5.75 Å². The van der Waals surface area contributed by atoms with Crippen molar-refractivity contribution in [1.82, 2.24) is 10.6 Å². The van der Waals surface area contributed by atoms with Gasteiger partial charge in [-0.1, -0.05) is 42.5 Å². The van der Waals surface area contributed by atoms with Crippen LogP contribution in [0.2, 0.25) is 0 Å². The monoisotopic (exact) mass is 328 g/mol. The van der Waals surface area contributed by atoms with Crippen LogP contribution in [-0.2, 0) is 6.42 Å². The van der Waals surface area contributed by atoms with Gasteiger partial charge in [-0.25, -0.2) is 4.79 Å². The molecule has 0 radical (unpaired) electrons. The van der Waals surface area contributed by atoms with E-state index < -0.39 is 0 Å². The first-order valence-corrected chi connectivity index (χ1v) is 8.12. The molecule has 1 aromatic carbocycles. The fourth-order valence-electron chi connectivity index (χ4n) is 2.19. The first kappa shape index (κ1) is 19.6. The van der Waals surface area contributed by atoms with Gasteiger partial charge in [0.05, 0.1) is 0 Å². The zero-order chi connectivity index (χ0) is 18.1. The second-order valence-electron chi connectivity index (χ2n) is 6.23. The second kappa shape index (κ2) is 9.60. The van der Waals surface area contributed by atoms with Gasteiger partial charge in [-0.05, 0) is 56.9 Å². The van der Waals surface area contributed by atoms with Crippen molar-refractivity contribution in [2.24, 2.45) is 0 Å². The third-order valence-corrected chi connectivity index (χ3v) is 3.59. The van der Waals surface area contributed by atoms with Crippen LogP contribution in [0.25, 0.3) is 0 Å². The predicted octanol–water partition coefficient (Wildman–Crippen LogP) is 4.09. The van der Waals surface area contributed by atoms with Crippen molar-refractivity contribution >= 4 is 6.03 Å². The van der Waals surface area contributed by atoms with Gasteiger partial charge in [0, 0.05) is 12.6 Å². The second-order valence-corrected chi connectivity index (χ2v) is 6.23. The Morgan fingerprint density at radius 1 is 1.25 bits per heavy atom. The maximum absolute atomic E-state index is 12.0. The van der Waals surface area contributed by atoms with E-state index in [2.05, 4.69) is 23.8 Å². The van der Waals surface area contributed by atoms with Gasteiger partial charge in [0.2, 0.25) is 0 Å². The van der Waals surface area contributed by atoms with Crippen LogP contribution in [0.3, 0.4) is 0 Å². The molecule has 0 bridgehead atoms. The number of rotatable bonds is 8. The van der Waals surface area contributed by atoms with Gasteiger partial charge in [-0.15, -0.1) is 0 Å². The minimum atomic E-state index is -0.193. The van der Waals surface area contributed by atoms with E-state index >= 15 is 0 Å². The minimum Gasteiger partial charge on any atom is -0.508 e. The van der Waals surface area contributed by atoms with Gasteiger partial charge in [-0.3, -0.25) is 0 Å². The van der Waals surface area contributed by atoms with Gasteiger partial charge in [0.15, 0.2) is 0 Å². The van der Waals surface area contributed by atoms with Crippen LogP contribution in [-0.4, -0.2) is 23.7 Å². The summed E-state index contributed by atoms with van der Waals surface area (Å²) < 4.78 is 0. The summed E-state index contributed by atoms with van der Waals surface area (Å²) >= 11 is 0. The van der Waals surface area contributed by atoms with E-state index in [1.807, 2.05) is 39.0 Å². The average molecular weight is 328 g/mol. The Kier molecular flexibility index (Phi) is 7.83. The lowest BCUT2D eigenvalue weighted by Gasteiger charge is -2.16. The van der Waals surface area contributed by atoms with E-state index in [1.165, 1.54) is 0 Å². The number of amides is 2. The Balaban J connectivity index is 2.39. The van der Waals surface area contributed by atoms with Crippen molar-refractivity contribution in [3.05, 3.63) is 65.8 Å². The highest BCUT2D eigenvalue weighted by atomic mass is 16.3. The summed E-state index contributed by atoms with van der Waals surface area (Å²) in [5, 5.41) is 15.1. The number of carbonyl (C=O) groups is 1. The summed E-state index contributed by atoms with van der Waals surface area (Å²) in [6, 6.07) is 6.99. The van der Waals surface area contributed by atoms with E-state index in [9.17, 15) is 9.90 Å². The summed E-state index contributed by atoms with van der Waals surface area (Å²) in [4.78, 5) is 12.0. The fourth-order valence-corrected chi connectivity index (χ4v) is 2.19. The van der Waals surface area contributed by atoms with Gasteiger partial charge >= 0.3 is 6.03 Å². The molecule has 1 rings (SSSR count). The number of phenolic OH excluding ortho intramolecular Hbond substituents is 1. The lowest BCUT2D eigenvalue weighted by Crippen LogP contribution is -2.41. The molecule has 0 fully saturated rings. The number of nitrogens with one attached hydrogen (secondary N) is 2. The smallest absolute Gasteiger partial charge is 0.315 e. The van der Waals surface area contributed by atoms with Gasteiger partial charge < -0.3 is 15.7 Å². The number of carbonyl (C=O) groups excluding carboxylic acids is 1. The Labute approximate surface area is 145 Å². The molecule has 0 spiro atoms. The summed E-state index contributed by atoms with van der Waals surface area (Å²) in [5.41, 5.74) is 3.95. The van der Waals surface area contributed by atoms with Crippen molar-refractivity contribution in [2.45, 2.75) is 39.7 Å². The summed E-state index contributed by atoms with van der Waals surface area (Å²) in [5.74, 6) is 0.264. The van der Waals surface area contributed by atoms with E-state index in [0.717, 1.165) is 35.1 Å². The van der Waals surface area contributed by atoms with Crippen LogP contribution < -0.4 is 10.6 Å². The molecule has 2 amide bonds. The predicted molar refractivity (Wildman–Crippen MR) is 100 cm³/mol. The number of hydrogen-bond acceptors (Lipinski definition) is 2. The van der Waals surface area contributed by atoms with Gasteiger partial charge in [0.1, 0.15) is 5.75 Å². The Morgan fingerprint density at radius 2 is 1.88 bits per heavy atom. The van der Waals surface area contributed by atoms with E-state index in [1.54, 1.807) is 12.1 Å². The van der Waals surface area contributed by atoms with Crippen LogP contribution >= 0.6 is 0 Å². The number of aryl methyl sites for hydroxylation is 1. The summed E-state index contributed by atoms with van der Waals surface area (Å²) in [6.45, 7) is 14.0.